The summed E-state index contributed by atoms with van der Waals surface area (Å²) in [4.78, 5) is 9.21. The first kappa shape index (κ1) is 22.5. The molecule has 3 aromatic rings. The molecule has 0 bridgehead atoms. The van der Waals surface area contributed by atoms with Gasteiger partial charge in [0.25, 0.3) is 0 Å². The standard InChI is InChI=1S/C23H33N7O/c1-6-24-23(25-13-9-12-21-27-22(16(2)3)29-31-21)26-15-19-10-7-8-11-20(19)30-18(5)14-17(4)28-30/h7-8,10-11,14,16H,6,9,12-13,15H2,1-5H3,(H2,24,25,26). The van der Waals surface area contributed by atoms with E-state index in [9.17, 15) is 0 Å². The minimum absolute atomic E-state index is 0.278. The number of nitrogens with one attached hydrogen (secondary N) is 2. The van der Waals surface area contributed by atoms with E-state index in [2.05, 4.69) is 71.8 Å². The molecule has 2 heterocycles. The van der Waals surface area contributed by atoms with Crippen molar-refractivity contribution in [1.82, 2.24) is 30.6 Å². The number of nitrogens with zero attached hydrogens (tertiary/aromatic N) is 5. The van der Waals surface area contributed by atoms with E-state index in [0.29, 0.717) is 12.4 Å². The van der Waals surface area contributed by atoms with Gasteiger partial charge in [-0.3, -0.25) is 0 Å². The highest BCUT2D eigenvalue weighted by Crippen LogP contribution is 2.18. The van der Waals surface area contributed by atoms with E-state index in [1.807, 2.05) is 23.7 Å². The summed E-state index contributed by atoms with van der Waals surface area (Å²) in [6.07, 6.45) is 1.62. The number of aryl methyl sites for hydroxylation is 3. The summed E-state index contributed by atoms with van der Waals surface area (Å²) in [5.74, 6) is 2.52. The Hall–Kier alpha value is -3.16. The van der Waals surface area contributed by atoms with E-state index in [1.165, 1.54) is 0 Å². The van der Waals surface area contributed by atoms with Gasteiger partial charge in [-0.15, -0.1) is 0 Å². The zero-order valence-corrected chi connectivity index (χ0v) is 19.1. The van der Waals surface area contributed by atoms with Gasteiger partial charge in [0, 0.05) is 31.1 Å². The number of rotatable bonds is 9. The maximum atomic E-state index is 5.31. The highest BCUT2D eigenvalue weighted by Gasteiger charge is 2.10. The first-order valence-corrected chi connectivity index (χ1v) is 10.9. The van der Waals surface area contributed by atoms with Crippen molar-refractivity contribution in [2.24, 2.45) is 4.99 Å². The minimum Gasteiger partial charge on any atom is -0.357 e. The molecule has 0 fully saturated rings. The second-order valence-corrected chi connectivity index (χ2v) is 7.89. The largest absolute Gasteiger partial charge is 0.357 e. The summed E-state index contributed by atoms with van der Waals surface area (Å²) in [6, 6.07) is 10.3. The molecule has 0 saturated heterocycles. The van der Waals surface area contributed by atoms with Crippen molar-refractivity contribution in [3.63, 3.8) is 0 Å². The van der Waals surface area contributed by atoms with E-state index >= 15 is 0 Å². The Kier molecular flexibility index (Phi) is 7.81. The van der Waals surface area contributed by atoms with E-state index in [-0.39, 0.29) is 5.92 Å². The lowest BCUT2D eigenvalue weighted by molar-refractivity contribution is 0.368. The Morgan fingerprint density at radius 2 is 2.00 bits per heavy atom. The van der Waals surface area contributed by atoms with Crippen molar-refractivity contribution in [2.75, 3.05) is 13.1 Å². The topological polar surface area (TPSA) is 93.2 Å². The number of guanidine groups is 1. The van der Waals surface area contributed by atoms with Gasteiger partial charge < -0.3 is 15.2 Å². The van der Waals surface area contributed by atoms with E-state index < -0.39 is 0 Å². The number of benzene rings is 1. The molecule has 0 aliphatic heterocycles. The van der Waals surface area contributed by atoms with Crippen LogP contribution in [0.2, 0.25) is 0 Å². The van der Waals surface area contributed by atoms with E-state index in [0.717, 1.165) is 60.4 Å². The number of aliphatic imine (C=N–C) groups is 1. The van der Waals surface area contributed by atoms with Crippen LogP contribution in [0, 0.1) is 13.8 Å². The normalized spacial score (nSPS) is 11.9. The molecular formula is C23H33N7O. The lowest BCUT2D eigenvalue weighted by Crippen LogP contribution is -2.37. The minimum atomic E-state index is 0.278. The SMILES string of the molecule is CCNC(=NCc1ccccc1-n1nc(C)cc1C)NCCCc1nc(C(C)C)no1. The van der Waals surface area contributed by atoms with Gasteiger partial charge in [-0.2, -0.15) is 10.1 Å². The number of hydrogen-bond donors (Lipinski definition) is 2. The molecule has 0 spiro atoms. The van der Waals surface area contributed by atoms with Crippen molar-refractivity contribution in [2.45, 2.75) is 59.9 Å². The molecule has 0 radical (unpaired) electrons. The van der Waals surface area contributed by atoms with Crippen molar-refractivity contribution in [3.8, 4) is 5.69 Å². The van der Waals surface area contributed by atoms with Gasteiger partial charge in [0.05, 0.1) is 17.9 Å². The Morgan fingerprint density at radius 3 is 2.68 bits per heavy atom. The fourth-order valence-corrected chi connectivity index (χ4v) is 3.28. The van der Waals surface area contributed by atoms with Crippen LogP contribution < -0.4 is 10.6 Å². The van der Waals surface area contributed by atoms with Crippen molar-refractivity contribution < 1.29 is 4.52 Å². The number of para-hydroxylation sites is 1. The van der Waals surface area contributed by atoms with Crippen LogP contribution in [0.1, 0.15) is 61.8 Å². The summed E-state index contributed by atoms with van der Waals surface area (Å²) in [5.41, 5.74) is 4.30. The molecule has 8 nitrogen and oxygen atoms in total. The molecule has 2 N–H and O–H groups in total. The Bertz CT molecular complexity index is 1000. The molecule has 8 heteroatoms. The predicted molar refractivity (Wildman–Crippen MR) is 123 cm³/mol. The molecule has 0 unspecified atom stereocenters. The summed E-state index contributed by atoms with van der Waals surface area (Å²) < 4.78 is 7.29. The molecular weight excluding hydrogens is 390 g/mol. The van der Waals surface area contributed by atoms with Crippen molar-refractivity contribution in [3.05, 3.63) is 59.0 Å². The van der Waals surface area contributed by atoms with Gasteiger partial charge in [0.2, 0.25) is 5.89 Å². The first-order chi connectivity index (χ1) is 15.0. The fraction of sp³-hybridized carbons (Fsp3) is 0.478. The molecule has 0 amide bonds. The Morgan fingerprint density at radius 1 is 1.19 bits per heavy atom. The van der Waals surface area contributed by atoms with Gasteiger partial charge >= 0.3 is 0 Å². The summed E-state index contributed by atoms with van der Waals surface area (Å²) in [6.45, 7) is 12.4. The average Bonchev–Trinajstić information content (AvgIpc) is 3.35. The van der Waals surface area contributed by atoms with Gasteiger partial charge in [-0.1, -0.05) is 37.2 Å². The molecule has 166 valence electrons. The van der Waals surface area contributed by atoms with Crippen LogP contribution in [0.15, 0.2) is 39.8 Å². The third-order valence-corrected chi connectivity index (χ3v) is 4.84. The van der Waals surface area contributed by atoms with E-state index in [4.69, 9.17) is 9.52 Å². The van der Waals surface area contributed by atoms with Gasteiger partial charge in [-0.25, -0.2) is 9.67 Å². The average molecular weight is 424 g/mol. The number of aromatic nitrogens is 4. The fourth-order valence-electron chi connectivity index (χ4n) is 3.28. The highest BCUT2D eigenvalue weighted by molar-refractivity contribution is 5.79. The molecule has 3 rings (SSSR count). The zero-order valence-electron chi connectivity index (χ0n) is 19.1. The maximum Gasteiger partial charge on any atom is 0.226 e. The quantitative estimate of drug-likeness (QED) is 0.310. The lowest BCUT2D eigenvalue weighted by Gasteiger charge is -2.13. The second-order valence-electron chi connectivity index (χ2n) is 7.89. The van der Waals surface area contributed by atoms with Crippen LogP contribution in [0.5, 0.6) is 0 Å². The molecule has 0 saturated carbocycles. The Balaban J connectivity index is 1.60. The van der Waals surface area contributed by atoms with Crippen molar-refractivity contribution >= 4 is 5.96 Å². The molecule has 2 aromatic heterocycles. The smallest absolute Gasteiger partial charge is 0.226 e. The van der Waals surface area contributed by atoms with Crippen LogP contribution in [0.3, 0.4) is 0 Å². The molecule has 0 aliphatic rings. The monoisotopic (exact) mass is 423 g/mol. The third kappa shape index (κ3) is 6.16. The number of hydrogen-bond acceptors (Lipinski definition) is 5. The van der Waals surface area contributed by atoms with Crippen molar-refractivity contribution in [1.29, 1.82) is 0 Å². The van der Waals surface area contributed by atoms with E-state index in [1.54, 1.807) is 0 Å². The molecule has 31 heavy (non-hydrogen) atoms. The van der Waals surface area contributed by atoms with Crippen LogP contribution in [-0.2, 0) is 13.0 Å². The lowest BCUT2D eigenvalue weighted by atomic mass is 10.2. The molecule has 1 aromatic carbocycles. The summed E-state index contributed by atoms with van der Waals surface area (Å²) >= 11 is 0. The van der Waals surface area contributed by atoms with Crippen LogP contribution in [-0.4, -0.2) is 39.0 Å². The predicted octanol–water partition coefficient (Wildman–Crippen LogP) is 3.68. The molecule has 0 atom stereocenters. The Labute approximate surface area is 184 Å². The van der Waals surface area contributed by atoms with Gasteiger partial charge in [-0.05, 0) is 44.9 Å². The van der Waals surface area contributed by atoms with Crippen LogP contribution in [0.25, 0.3) is 5.69 Å². The second kappa shape index (κ2) is 10.7. The summed E-state index contributed by atoms with van der Waals surface area (Å²) in [5, 5.41) is 15.3. The van der Waals surface area contributed by atoms with Gasteiger partial charge in [0.1, 0.15) is 0 Å². The third-order valence-electron chi connectivity index (χ3n) is 4.84. The van der Waals surface area contributed by atoms with Crippen LogP contribution >= 0.6 is 0 Å². The highest BCUT2D eigenvalue weighted by atomic mass is 16.5. The summed E-state index contributed by atoms with van der Waals surface area (Å²) in [7, 11) is 0. The maximum absolute atomic E-state index is 5.31. The van der Waals surface area contributed by atoms with Crippen LogP contribution in [0.4, 0.5) is 0 Å². The zero-order chi connectivity index (χ0) is 22.2. The van der Waals surface area contributed by atoms with Gasteiger partial charge in [0.15, 0.2) is 11.8 Å². The molecule has 0 aliphatic carbocycles. The first-order valence-electron chi connectivity index (χ1n) is 10.9.